The van der Waals surface area contributed by atoms with Gasteiger partial charge in [-0.05, 0) is 71.0 Å². The molecule has 6 aromatic carbocycles. The molecule has 4 aromatic heterocycles. The van der Waals surface area contributed by atoms with E-state index in [4.69, 9.17) is 9.72 Å². The number of anilines is 4. The number of pyridine rings is 2. The van der Waals surface area contributed by atoms with Crippen LogP contribution in [0.25, 0.3) is 55.1 Å². The second kappa shape index (κ2) is 14.3. The number of hydrogen-bond donors (Lipinski definition) is 0. The topological polar surface area (TPSA) is 51.4 Å². The van der Waals surface area contributed by atoms with E-state index in [2.05, 4.69) is 185 Å². The van der Waals surface area contributed by atoms with Gasteiger partial charge in [0.05, 0.1) is 16.7 Å². The number of hydrogen-bond acceptors (Lipinski definition) is 5. The molecule has 0 fully saturated rings. The third-order valence-electron chi connectivity index (χ3n) is 11.1. The molecule has 59 heavy (non-hydrogen) atoms. The van der Waals surface area contributed by atoms with Crippen LogP contribution in [0, 0.1) is 18.8 Å². The zero-order valence-corrected chi connectivity index (χ0v) is 34.8. The SMILES string of the molecule is CC(C)(C)c1ccnc(-n2c3[c-]c(Oc4[c-]c(N5[CH-]N(c6cccc7c6c6ccccc6n7-c6ccccc6)c6ccncc65)ccc4)ccc3c3ccccc32)c1.[Pt]. The van der Waals surface area contributed by atoms with Crippen molar-refractivity contribution in [1.29, 1.82) is 0 Å². The minimum Gasteiger partial charge on any atom is -0.509 e. The van der Waals surface area contributed by atoms with E-state index >= 15 is 0 Å². The van der Waals surface area contributed by atoms with Gasteiger partial charge in [-0.25, -0.2) is 4.98 Å². The van der Waals surface area contributed by atoms with E-state index in [9.17, 15) is 0 Å². The summed E-state index contributed by atoms with van der Waals surface area (Å²) in [5.41, 5.74) is 10.5. The number of aromatic nitrogens is 4. The van der Waals surface area contributed by atoms with Crippen LogP contribution in [0.5, 0.6) is 11.5 Å². The van der Waals surface area contributed by atoms with Crippen molar-refractivity contribution in [2.24, 2.45) is 0 Å². The van der Waals surface area contributed by atoms with Gasteiger partial charge in [0.2, 0.25) is 0 Å². The summed E-state index contributed by atoms with van der Waals surface area (Å²) in [7, 11) is 0. The number of nitrogens with zero attached hydrogens (tertiary/aromatic N) is 6. The summed E-state index contributed by atoms with van der Waals surface area (Å²) >= 11 is 0. The Labute approximate surface area is 357 Å². The monoisotopic (exact) mass is 944 g/mol. The quantitative estimate of drug-likeness (QED) is 0.156. The summed E-state index contributed by atoms with van der Waals surface area (Å²) in [4.78, 5) is 13.8. The Hall–Kier alpha value is -6.69. The number of rotatable bonds is 6. The van der Waals surface area contributed by atoms with Crippen LogP contribution in [0.15, 0.2) is 164 Å². The van der Waals surface area contributed by atoms with E-state index in [0.717, 1.165) is 67.1 Å². The van der Waals surface area contributed by atoms with Gasteiger partial charge in [0.15, 0.2) is 0 Å². The van der Waals surface area contributed by atoms with Gasteiger partial charge in [0.1, 0.15) is 5.82 Å². The molecule has 0 bridgehead atoms. The van der Waals surface area contributed by atoms with Crippen molar-refractivity contribution in [1.82, 2.24) is 19.1 Å². The summed E-state index contributed by atoms with van der Waals surface area (Å²) < 4.78 is 11.1. The molecule has 11 rings (SSSR count). The predicted molar refractivity (Wildman–Crippen MR) is 235 cm³/mol. The molecule has 0 unspecified atom stereocenters. The molecule has 0 atom stereocenters. The van der Waals surface area contributed by atoms with Crippen LogP contribution in [0.4, 0.5) is 22.7 Å². The van der Waals surface area contributed by atoms with Crippen molar-refractivity contribution in [2.45, 2.75) is 26.2 Å². The molecule has 0 spiro atoms. The minimum atomic E-state index is -0.0220. The molecule has 0 N–H and O–H groups in total. The standard InChI is InChI=1S/C51H37N6O.Pt/c1-51(2,3)34-25-28-53-49(29-34)57-42-19-9-7-17-39(42)40-24-23-38(31-47(40)57)58-37-16-11-15-36(30-37)54-33-55(44-26-27-52-32-48(44)54)45-21-12-22-46-50(45)41-18-8-10-20-43(41)56(46)35-13-5-4-6-14-35;/h4-29,32-33H,1-3H3;/q-3;. The van der Waals surface area contributed by atoms with E-state index in [1.807, 2.05) is 42.9 Å². The van der Waals surface area contributed by atoms with Crippen molar-refractivity contribution in [2.75, 3.05) is 9.80 Å². The van der Waals surface area contributed by atoms with E-state index in [1.165, 1.54) is 16.3 Å². The second-order valence-electron chi connectivity index (χ2n) is 15.7. The average molecular weight is 945 g/mol. The molecule has 0 amide bonds. The van der Waals surface area contributed by atoms with E-state index in [1.54, 1.807) is 0 Å². The number of para-hydroxylation sites is 3. The molecule has 0 aliphatic carbocycles. The van der Waals surface area contributed by atoms with Crippen LogP contribution >= 0.6 is 0 Å². The van der Waals surface area contributed by atoms with Crippen molar-refractivity contribution in [3.05, 3.63) is 189 Å². The van der Waals surface area contributed by atoms with Gasteiger partial charge >= 0.3 is 0 Å². The van der Waals surface area contributed by atoms with Crippen molar-refractivity contribution in [3.63, 3.8) is 0 Å². The van der Waals surface area contributed by atoms with Gasteiger partial charge < -0.3 is 23.7 Å². The Morgan fingerprint density at radius 2 is 1.31 bits per heavy atom. The van der Waals surface area contributed by atoms with Crippen LogP contribution in [0.3, 0.4) is 0 Å². The zero-order valence-electron chi connectivity index (χ0n) is 32.6. The Bertz CT molecular complexity index is 3200. The van der Waals surface area contributed by atoms with Crippen molar-refractivity contribution in [3.8, 4) is 23.0 Å². The molecule has 1 aliphatic heterocycles. The molecule has 10 aromatic rings. The molecule has 7 nitrogen and oxygen atoms in total. The van der Waals surface area contributed by atoms with Crippen LogP contribution in [0.1, 0.15) is 26.3 Å². The molecular formula is C51H37N6OPt-3. The van der Waals surface area contributed by atoms with Crippen molar-refractivity contribution < 1.29 is 25.8 Å². The number of ether oxygens (including phenoxy) is 1. The number of fused-ring (bicyclic) bond motifs is 7. The summed E-state index contributed by atoms with van der Waals surface area (Å²) in [6.07, 6.45) is 5.65. The van der Waals surface area contributed by atoms with Gasteiger partial charge in [-0.2, -0.15) is 12.1 Å². The summed E-state index contributed by atoms with van der Waals surface area (Å²) in [5, 5.41) is 4.58. The fourth-order valence-corrected chi connectivity index (χ4v) is 8.38. The Balaban J connectivity index is 0.00000420. The van der Waals surface area contributed by atoms with Gasteiger partial charge in [0, 0.05) is 84.5 Å². The van der Waals surface area contributed by atoms with Crippen LogP contribution in [-0.4, -0.2) is 19.1 Å². The first-order valence-electron chi connectivity index (χ1n) is 19.5. The van der Waals surface area contributed by atoms with E-state index in [-0.39, 0.29) is 26.5 Å². The van der Waals surface area contributed by atoms with E-state index < -0.39 is 0 Å². The molecule has 0 radical (unpaired) electrons. The van der Waals surface area contributed by atoms with Crippen LogP contribution < -0.4 is 14.5 Å². The third-order valence-corrected chi connectivity index (χ3v) is 11.1. The molecule has 5 heterocycles. The normalized spacial score (nSPS) is 12.7. The summed E-state index contributed by atoms with van der Waals surface area (Å²) in [6.45, 7) is 8.79. The maximum absolute atomic E-state index is 6.58. The first-order valence-corrected chi connectivity index (χ1v) is 19.5. The fourth-order valence-electron chi connectivity index (χ4n) is 8.38. The fraction of sp³-hybridized carbons (Fsp3) is 0.0784. The van der Waals surface area contributed by atoms with Gasteiger partial charge in [0.25, 0.3) is 0 Å². The molecule has 290 valence electrons. The van der Waals surface area contributed by atoms with Crippen LogP contribution in [0.2, 0.25) is 0 Å². The molecule has 1 aliphatic rings. The number of benzene rings is 6. The summed E-state index contributed by atoms with van der Waals surface area (Å²) in [5.74, 6) is 2.02. The minimum absolute atomic E-state index is 0. The Kier molecular flexibility index (Phi) is 8.88. The average Bonchev–Trinajstić information content (AvgIpc) is 3.92. The Morgan fingerprint density at radius 1 is 0.576 bits per heavy atom. The zero-order chi connectivity index (χ0) is 39.0. The molecule has 8 heteroatoms. The van der Waals surface area contributed by atoms with Gasteiger partial charge in [-0.1, -0.05) is 87.0 Å². The van der Waals surface area contributed by atoms with E-state index in [0.29, 0.717) is 11.5 Å². The predicted octanol–water partition coefficient (Wildman–Crippen LogP) is 12.8. The largest absolute Gasteiger partial charge is 0.509 e. The molecular weight excluding hydrogens is 908 g/mol. The smallest absolute Gasteiger partial charge is 0.135 e. The molecule has 0 saturated carbocycles. The second-order valence-corrected chi connectivity index (χ2v) is 15.7. The Morgan fingerprint density at radius 3 is 2.14 bits per heavy atom. The first-order chi connectivity index (χ1) is 28.4. The first kappa shape index (κ1) is 36.6. The van der Waals surface area contributed by atoms with Crippen LogP contribution in [-0.2, 0) is 26.5 Å². The van der Waals surface area contributed by atoms with Crippen molar-refractivity contribution >= 4 is 66.4 Å². The summed E-state index contributed by atoms with van der Waals surface area (Å²) in [6, 6.07) is 57.7. The van der Waals surface area contributed by atoms with Gasteiger partial charge in [-0.15, -0.1) is 48.1 Å². The maximum atomic E-state index is 6.58. The maximum Gasteiger partial charge on any atom is 0.135 e. The van der Waals surface area contributed by atoms with Gasteiger partial charge in [-0.3, -0.25) is 4.98 Å². The third kappa shape index (κ3) is 6.07. The molecule has 0 saturated heterocycles.